The van der Waals surface area contributed by atoms with Gasteiger partial charge in [-0.1, -0.05) is 0 Å². The van der Waals surface area contributed by atoms with E-state index in [0.29, 0.717) is 12.8 Å². The fourth-order valence-corrected chi connectivity index (χ4v) is 2.11. The van der Waals surface area contributed by atoms with E-state index in [1.807, 2.05) is 13.8 Å². The second-order valence-corrected chi connectivity index (χ2v) is 5.49. The number of carboxylic acid groups (broad SMARTS) is 1. The highest BCUT2D eigenvalue weighted by atomic mass is 19.1. The van der Waals surface area contributed by atoms with Crippen LogP contribution in [0.15, 0.2) is 18.2 Å². The minimum atomic E-state index is -1.05. The van der Waals surface area contributed by atoms with Crippen LogP contribution < -0.4 is 10.1 Å². The highest BCUT2D eigenvalue weighted by Crippen LogP contribution is 2.18. The summed E-state index contributed by atoms with van der Waals surface area (Å²) in [7, 11) is 0. The molecule has 1 atom stereocenters. The van der Waals surface area contributed by atoms with E-state index in [-0.39, 0.29) is 18.4 Å². The van der Waals surface area contributed by atoms with Crippen LogP contribution in [-0.2, 0) is 4.79 Å². The highest BCUT2D eigenvalue weighted by molar-refractivity contribution is 5.78. The predicted octanol–water partition coefficient (Wildman–Crippen LogP) is 2.97. The second kappa shape index (κ2) is 7.36. The van der Waals surface area contributed by atoms with Crippen LogP contribution in [0.4, 0.5) is 8.78 Å². The molecule has 0 aliphatic carbocycles. The van der Waals surface area contributed by atoms with Gasteiger partial charge in [-0.3, -0.25) is 10.1 Å². The van der Waals surface area contributed by atoms with Gasteiger partial charge in [0.2, 0.25) is 0 Å². The van der Waals surface area contributed by atoms with E-state index in [0.717, 1.165) is 18.2 Å². The zero-order valence-corrected chi connectivity index (χ0v) is 12.5. The largest absolute Gasteiger partial charge is 0.493 e. The molecule has 6 heteroatoms. The van der Waals surface area contributed by atoms with Crippen molar-refractivity contribution in [2.75, 3.05) is 6.61 Å². The van der Waals surface area contributed by atoms with Crippen molar-refractivity contribution in [2.24, 2.45) is 0 Å². The van der Waals surface area contributed by atoms with Gasteiger partial charge in [0.15, 0.2) is 0 Å². The van der Waals surface area contributed by atoms with Crippen LogP contribution in [0.1, 0.15) is 33.6 Å². The molecule has 1 aromatic carbocycles. The minimum Gasteiger partial charge on any atom is -0.493 e. The summed E-state index contributed by atoms with van der Waals surface area (Å²) in [5.41, 5.74) is -1.05. The Hall–Kier alpha value is -1.69. The topological polar surface area (TPSA) is 58.6 Å². The third-order valence-electron chi connectivity index (χ3n) is 3.01. The van der Waals surface area contributed by atoms with E-state index in [1.165, 1.54) is 0 Å². The number of hydrogen-bond acceptors (Lipinski definition) is 3. The number of nitrogens with one attached hydrogen (secondary N) is 1. The number of hydrogen-bond donors (Lipinski definition) is 2. The average Bonchev–Trinajstić information content (AvgIpc) is 2.32. The molecule has 1 unspecified atom stereocenters. The molecule has 0 amide bonds. The van der Waals surface area contributed by atoms with Gasteiger partial charge in [-0.15, -0.1) is 0 Å². The quantitative estimate of drug-likeness (QED) is 0.725. The summed E-state index contributed by atoms with van der Waals surface area (Å²) in [6.07, 6.45) is 0.791. The Bertz CT molecular complexity index is 474. The molecule has 0 aliphatic rings. The van der Waals surface area contributed by atoms with E-state index in [1.54, 1.807) is 6.92 Å². The lowest BCUT2D eigenvalue weighted by Crippen LogP contribution is -2.52. The summed E-state index contributed by atoms with van der Waals surface area (Å²) < 4.78 is 31.2. The number of carboxylic acids is 1. The number of aliphatic carboxylic acids is 1. The summed E-state index contributed by atoms with van der Waals surface area (Å²) >= 11 is 0. The fourth-order valence-electron chi connectivity index (χ4n) is 2.11. The molecular formula is C15H21F2NO3. The maximum absolute atomic E-state index is 13.0. The van der Waals surface area contributed by atoms with E-state index < -0.39 is 23.1 Å². The molecule has 0 aromatic heterocycles. The van der Waals surface area contributed by atoms with Gasteiger partial charge in [-0.25, -0.2) is 8.78 Å². The van der Waals surface area contributed by atoms with Gasteiger partial charge < -0.3 is 9.84 Å². The molecule has 0 saturated heterocycles. The Morgan fingerprint density at radius 2 is 1.90 bits per heavy atom. The normalized spacial score (nSPS) is 14.0. The summed E-state index contributed by atoms with van der Waals surface area (Å²) in [6, 6.07) is 2.97. The van der Waals surface area contributed by atoms with E-state index in [9.17, 15) is 18.7 Å². The Kier molecular flexibility index (Phi) is 6.08. The van der Waals surface area contributed by atoms with Crippen molar-refractivity contribution in [3.05, 3.63) is 29.8 Å². The first-order valence-electron chi connectivity index (χ1n) is 6.83. The monoisotopic (exact) mass is 301 g/mol. The van der Waals surface area contributed by atoms with Crippen molar-refractivity contribution in [2.45, 2.75) is 45.2 Å². The first-order chi connectivity index (χ1) is 9.73. The lowest BCUT2D eigenvalue weighted by atomic mass is 9.95. The summed E-state index contributed by atoms with van der Waals surface area (Å²) in [4.78, 5) is 11.3. The molecule has 1 aromatic rings. The number of rotatable bonds is 8. The van der Waals surface area contributed by atoms with Crippen LogP contribution in [0.2, 0.25) is 0 Å². The van der Waals surface area contributed by atoms with Gasteiger partial charge in [0, 0.05) is 24.2 Å². The molecule has 2 N–H and O–H groups in total. The Morgan fingerprint density at radius 1 is 1.33 bits per heavy atom. The lowest BCUT2D eigenvalue weighted by Gasteiger charge is -2.28. The van der Waals surface area contributed by atoms with Crippen LogP contribution in [0.25, 0.3) is 0 Å². The third kappa shape index (κ3) is 5.67. The van der Waals surface area contributed by atoms with Crippen molar-refractivity contribution in [3.63, 3.8) is 0 Å². The zero-order valence-electron chi connectivity index (χ0n) is 12.5. The molecule has 0 spiro atoms. The SMILES string of the molecule is CC(C)NC(C)(CCCOc1cc(F)cc(F)c1)C(=O)O. The van der Waals surface area contributed by atoms with Crippen molar-refractivity contribution < 1.29 is 23.4 Å². The van der Waals surface area contributed by atoms with Gasteiger partial charge >= 0.3 is 5.97 Å². The van der Waals surface area contributed by atoms with Crippen LogP contribution in [0, 0.1) is 11.6 Å². The van der Waals surface area contributed by atoms with Crippen molar-refractivity contribution in [1.82, 2.24) is 5.32 Å². The molecule has 1 rings (SSSR count). The molecule has 0 heterocycles. The van der Waals surface area contributed by atoms with Gasteiger partial charge in [0.1, 0.15) is 22.9 Å². The molecule has 4 nitrogen and oxygen atoms in total. The fraction of sp³-hybridized carbons (Fsp3) is 0.533. The van der Waals surface area contributed by atoms with Crippen molar-refractivity contribution >= 4 is 5.97 Å². The van der Waals surface area contributed by atoms with Gasteiger partial charge in [0.05, 0.1) is 6.61 Å². The average molecular weight is 301 g/mol. The Balaban J connectivity index is 2.49. The van der Waals surface area contributed by atoms with Crippen LogP contribution in [-0.4, -0.2) is 29.3 Å². The molecule has 21 heavy (non-hydrogen) atoms. The van der Waals surface area contributed by atoms with Crippen molar-refractivity contribution in [1.29, 1.82) is 0 Å². The zero-order chi connectivity index (χ0) is 16.0. The molecular weight excluding hydrogens is 280 g/mol. The molecule has 0 aliphatic heterocycles. The maximum Gasteiger partial charge on any atom is 0.323 e. The standard InChI is InChI=1S/C15H21F2NO3/c1-10(2)18-15(3,14(19)20)5-4-6-21-13-8-11(16)7-12(17)9-13/h7-10,18H,4-6H2,1-3H3,(H,19,20). The van der Waals surface area contributed by atoms with E-state index in [4.69, 9.17) is 4.74 Å². The van der Waals surface area contributed by atoms with Crippen LogP contribution >= 0.6 is 0 Å². The van der Waals surface area contributed by atoms with Gasteiger partial charge in [-0.05, 0) is 33.6 Å². The molecule has 0 fully saturated rings. The van der Waals surface area contributed by atoms with Crippen LogP contribution in [0.3, 0.4) is 0 Å². The first kappa shape index (κ1) is 17.4. The number of ether oxygens (including phenoxy) is 1. The summed E-state index contributed by atoms with van der Waals surface area (Å²) in [6.45, 7) is 5.53. The number of carbonyl (C=O) groups is 1. The summed E-state index contributed by atoms with van der Waals surface area (Å²) in [5.74, 6) is -2.25. The Labute approximate surface area is 123 Å². The third-order valence-corrected chi connectivity index (χ3v) is 3.01. The number of benzene rings is 1. The van der Waals surface area contributed by atoms with Gasteiger partial charge in [0.25, 0.3) is 0 Å². The Morgan fingerprint density at radius 3 is 2.38 bits per heavy atom. The molecule has 118 valence electrons. The summed E-state index contributed by atoms with van der Waals surface area (Å²) in [5, 5.41) is 12.3. The smallest absolute Gasteiger partial charge is 0.323 e. The number of halogens is 2. The van der Waals surface area contributed by atoms with E-state index >= 15 is 0 Å². The highest BCUT2D eigenvalue weighted by Gasteiger charge is 2.32. The van der Waals surface area contributed by atoms with Gasteiger partial charge in [-0.2, -0.15) is 0 Å². The first-order valence-corrected chi connectivity index (χ1v) is 6.83. The molecule has 0 saturated carbocycles. The second-order valence-electron chi connectivity index (χ2n) is 5.49. The lowest BCUT2D eigenvalue weighted by molar-refractivity contribution is -0.144. The molecule has 0 bridgehead atoms. The van der Waals surface area contributed by atoms with E-state index in [2.05, 4.69) is 5.32 Å². The molecule has 0 radical (unpaired) electrons. The maximum atomic E-state index is 13.0. The van der Waals surface area contributed by atoms with Crippen molar-refractivity contribution in [3.8, 4) is 5.75 Å². The predicted molar refractivity (Wildman–Crippen MR) is 75.4 cm³/mol. The van der Waals surface area contributed by atoms with Crippen LogP contribution in [0.5, 0.6) is 5.75 Å². The minimum absolute atomic E-state index is 0.0318.